The third-order valence-corrected chi connectivity index (χ3v) is 3.15. The van der Waals surface area contributed by atoms with Crippen molar-refractivity contribution in [2.45, 2.75) is 5.51 Å². The number of nitrogens with zero attached hydrogens (tertiary/aromatic N) is 2. The highest BCUT2D eigenvalue weighted by molar-refractivity contribution is 7.87. The molecule has 0 spiro atoms. The molecule has 0 amide bonds. The van der Waals surface area contributed by atoms with E-state index in [1.807, 2.05) is 0 Å². The van der Waals surface area contributed by atoms with Crippen LogP contribution in [0.3, 0.4) is 0 Å². The van der Waals surface area contributed by atoms with Crippen LogP contribution in [0.5, 0.6) is 6.01 Å². The van der Waals surface area contributed by atoms with E-state index in [1.54, 1.807) is 18.2 Å². The van der Waals surface area contributed by atoms with Crippen LogP contribution >= 0.6 is 0 Å². The molecule has 5 nitrogen and oxygen atoms in total. The average molecular weight is 280 g/mol. The predicted octanol–water partition coefficient (Wildman–Crippen LogP) is 1.80. The van der Waals surface area contributed by atoms with Crippen LogP contribution < -0.4 is 4.18 Å². The number of imidazole rings is 1. The lowest BCUT2D eigenvalue weighted by Crippen LogP contribution is -2.28. The topological polar surface area (TPSA) is 61.2 Å². The van der Waals surface area contributed by atoms with Crippen molar-refractivity contribution in [3.05, 3.63) is 24.3 Å². The highest BCUT2D eigenvalue weighted by Crippen LogP contribution is 2.28. The Morgan fingerprint density at radius 2 is 1.89 bits per heavy atom. The van der Waals surface area contributed by atoms with Crippen molar-refractivity contribution in [2.24, 2.45) is 7.05 Å². The van der Waals surface area contributed by atoms with Crippen LogP contribution in [0.15, 0.2) is 24.3 Å². The molecule has 0 aliphatic heterocycles. The summed E-state index contributed by atoms with van der Waals surface area (Å²) in [4.78, 5) is 3.67. The van der Waals surface area contributed by atoms with E-state index in [4.69, 9.17) is 0 Å². The quantitative estimate of drug-likeness (QED) is 0.621. The van der Waals surface area contributed by atoms with Gasteiger partial charge in [-0.25, -0.2) is 0 Å². The van der Waals surface area contributed by atoms with Gasteiger partial charge in [-0.15, -0.1) is 0 Å². The molecule has 9 heteroatoms. The Labute approximate surface area is 99.9 Å². The second kappa shape index (κ2) is 3.87. The molecule has 18 heavy (non-hydrogen) atoms. The number of para-hydroxylation sites is 2. The van der Waals surface area contributed by atoms with Crippen LogP contribution in [-0.4, -0.2) is 23.5 Å². The molecule has 98 valence electrons. The van der Waals surface area contributed by atoms with Gasteiger partial charge in [0.25, 0.3) is 0 Å². The van der Waals surface area contributed by atoms with Gasteiger partial charge in [-0.2, -0.15) is 26.6 Å². The zero-order valence-electron chi connectivity index (χ0n) is 8.97. The summed E-state index contributed by atoms with van der Waals surface area (Å²) in [5.74, 6) is 0. The van der Waals surface area contributed by atoms with Gasteiger partial charge >= 0.3 is 21.6 Å². The van der Waals surface area contributed by atoms with E-state index in [-0.39, 0.29) is 0 Å². The lowest BCUT2D eigenvalue weighted by molar-refractivity contribution is -0.0503. The molecule has 2 rings (SSSR count). The molecule has 0 aliphatic rings. The average Bonchev–Trinajstić information content (AvgIpc) is 2.54. The van der Waals surface area contributed by atoms with Crippen LogP contribution in [0.25, 0.3) is 11.0 Å². The highest BCUT2D eigenvalue weighted by Gasteiger charge is 2.49. The van der Waals surface area contributed by atoms with Crippen LogP contribution in [0.4, 0.5) is 13.2 Å². The van der Waals surface area contributed by atoms with Gasteiger partial charge < -0.3 is 4.18 Å². The number of hydrogen-bond donors (Lipinski definition) is 0. The van der Waals surface area contributed by atoms with Gasteiger partial charge in [-0.05, 0) is 12.1 Å². The predicted molar refractivity (Wildman–Crippen MR) is 56.3 cm³/mol. The third-order valence-electron chi connectivity index (χ3n) is 2.21. The van der Waals surface area contributed by atoms with Crippen LogP contribution in [0.1, 0.15) is 0 Å². The van der Waals surface area contributed by atoms with Crippen molar-refractivity contribution >= 4 is 21.2 Å². The Morgan fingerprint density at radius 1 is 1.28 bits per heavy atom. The molecular weight excluding hydrogens is 273 g/mol. The van der Waals surface area contributed by atoms with Crippen molar-refractivity contribution in [1.29, 1.82) is 0 Å². The first-order chi connectivity index (χ1) is 8.22. The summed E-state index contributed by atoms with van der Waals surface area (Å²) in [5.41, 5.74) is -4.68. The minimum Gasteiger partial charge on any atom is -0.338 e. The van der Waals surface area contributed by atoms with Gasteiger partial charge in [0.1, 0.15) is 0 Å². The fourth-order valence-electron chi connectivity index (χ4n) is 1.34. The van der Waals surface area contributed by atoms with Crippen molar-refractivity contribution in [1.82, 2.24) is 9.55 Å². The zero-order valence-corrected chi connectivity index (χ0v) is 9.79. The van der Waals surface area contributed by atoms with E-state index in [0.717, 1.165) is 4.57 Å². The van der Waals surface area contributed by atoms with Gasteiger partial charge in [-0.1, -0.05) is 12.1 Å². The lowest BCUT2D eigenvalue weighted by Gasteiger charge is -2.08. The second-order valence-electron chi connectivity index (χ2n) is 3.43. The maximum absolute atomic E-state index is 12.2. The van der Waals surface area contributed by atoms with Gasteiger partial charge in [0.15, 0.2) is 0 Å². The lowest BCUT2D eigenvalue weighted by atomic mass is 10.3. The summed E-state index contributed by atoms with van der Waals surface area (Å²) >= 11 is 0. The molecule has 0 saturated carbocycles. The number of halogens is 3. The fraction of sp³-hybridized carbons (Fsp3) is 0.222. The normalized spacial score (nSPS) is 12.9. The molecule has 0 atom stereocenters. The van der Waals surface area contributed by atoms with Gasteiger partial charge in [0, 0.05) is 7.05 Å². The molecule has 0 bridgehead atoms. The summed E-state index contributed by atoms with van der Waals surface area (Å²) in [6.45, 7) is 0. The number of benzene rings is 1. The summed E-state index contributed by atoms with van der Waals surface area (Å²) in [6, 6.07) is 5.75. The first kappa shape index (κ1) is 12.7. The summed E-state index contributed by atoms with van der Waals surface area (Å²) in [7, 11) is -4.35. The van der Waals surface area contributed by atoms with Crippen molar-refractivity contribution < 1.29 is 25.8 Å². The van der Waals surface area contributed by atoms with E-state index < -0.39 is 21.6 Å². The van der Waals surface area contributed by atoms with E-state index >= 15 is 0 Å². The van der Waals surface area contributed by atoms with Crippen molar-refractivity contribution in [3.63, 3.8) is 0 Å². The molecule has 1 aromatic heterocycles. The van der Waals surface area contributed by atoms with E-state index in [1.165, 1.54) is 13.1 Å². The van der Waals surface area contributed by atoms with E-state index in [2.05, 4.69) is 9.17 Å². The first-order valence-corrected chi connectivity index (χ1v) is 6.05. The second-order valence-corrected chi connectivity index (χ2v) is 4.96. The highest BCUT2D eigenvalue weighted by atomic mass is 32.2. The monoisotopic (exact) mass is 280 g/mol. The van der Waals surface area contributed by atoms with E-state index in [0.29, 0.717) is 11.0 Å². The molecule has 0 aliphatic carbocycles. The molecular formula is C9H7F3N2O3S. The molecule has 1 heterocycles. The Kier molecular flexibility index (Phi) is 2.73. The standard InChI is InChI=1S/C9H7F3N2O3S/c1-14-7-5-3-2-4-6(7)13-8(14)17-18(15,16)9(10,11)12/h2-5H,1H3. The minimum absolute atomic E-state index is 0.340. The van der Waals surface area contributed by atoms with Crippen LogP contribution in [0.2, 0.25) is 0 Å². The molecule has 0 N–H and O–H groups in total. The van der Waals surface area contributed by atoms with E-state index in [9.17, 15) is 21.6 Å². The Hall–Kier alpha value is -1.77. The number of aromatic nitrogens is 2. The zero-order chi connectivity index (χ0) is 13.6. The van der Waals surface area contributed by atoms with Crippen molar-refractivity contribution in [2.75, 3.05) is 0 Å². The first-order valence-electron chi connectivity index (χ1n) is 4.64. The van der Waals surface area contributed by atoms with Gasteiger partial charge in [-0.3, -0.25) is 4.57 Å². The molecule has 0 saturated heterocycles. The summed E-state index contributed by atoms with van der Waals surface area (Å²) in [5, 5.41) is 0. The number of rotatable bonds is 2. The van der Waals surface area contributed by atoms with Gasteiger partial charge in [0.2, 0.25) is 0 Å². The molecule has 0 radical (unpaired) electrons. The smallest absolute Gasteiger partial charge is 0.338 e. The van der Waals surface area contributed by atoms with Crippen molar-refractivity contribution in [3.8, 4) is 6.01 Å². The molecule has 0 unspecified atom stereocenters. The number of alkyl halides is 3. The Bertz CT molecular complexity index is 691. The number of hydrogen-bond acceptors (Lipinski definition) is 4. The molecule has 0 fully saturated rings. The summed E-state index contributed by atoms with van der Waals surface area (Å²) < 4.78 is 63.3. The maximum atomic E-state index is 12.2. The fourth-order valence-corrected chi connectivity index (χ4v) is 1.78. The molecule has 2 aromatic rings. The van der Waals surface area contributed by atoms with Gasteiger partial charge in [0.05, 0.1) is 11.0 Å². The summed E-state index contributed by atoms with van der Waals surface area (Å²) in [6.07, 6.45) is 0. The largest absolute Gasteiger partial charge is 0.534 e. The Balaban J connectivity index is 2.48. The minimum atomic E-state index is -5.70. The van der Waals surface area contributed by atoms with Crippen LogP contribution in [0, 0.1) is 0 Å². The molecule has 1 aromatic carbocycles. The number of aryl methyl sites for hydroxylation is 1. The number of fused-ring (bicyclic) bond motifs is 1. The SMILES string of the molecule is Cn1c(OS(=O)(=O)C(F)(F)F)nc2ccccc21. The maximum Gasteiger partial charge on any atom is 0.534 e. The Morgan fingerprint density at radius 3 is 2.44 bits per heavy atom. The third kappa shape index (κ3) is 2.01. The van der Waals surface area contributed by atoms with Crippen LogP contribution in [-0.2, 0) is 17.2 Å².